The minimum absolute atomic E-state index is 0.760. The van der Waals surface area contributed by atoms with Crippen LogP contribution in [0.1, 0.15) is 13.8 Å². The van der Waals surface area contributed by atoms with Gasteiger partial charge in [0.1, 0.15) is 17.2 Å². The van der Waals surface area contributed by atoms with Crippen LogP contribution in [0.2, 0.25) is 0 Å². The van der Waals surface area contributed by atoms with Crippen LogP contribution in [0.5, 0.6) is 11.5 Å². The van der Waals surface area contributed by atoms with Gasteiger partial charge >= 0.3 is 0 Å². The minimum Gasteiger partial charge on any atom is -0.495 e. The molecule has 0 bridgehead atoms. The van der Waals surface area contributed by atoms with E-state index >= 15 is 0 Å². The molecule has 120 valence electrons. The molecule has 0 fully saturated rings. The maximum atomic E-state index is 5.34. The topological polar surface area (TPSA) is 42.8 Å². The van der Waals surface area contributed by atoms with E-state index in [-0.39, 0.29) is 0 Å². The second-order valence-electron chi connectivity index (χ2n) is 5.08. The Morgan fingerprint density at radius 3 is 2.22 bits per heavy atom. The Labute approximate surface area is 137 Å². The first-order valence-corrected chi connectivity index (χ1v) is 7.40. The van der Waals surface area contributed by atoms with Gasteiger partial charge in [-0.05, 0) is 44.2 Å². The number of nitrogens with zero attached hydrogens (tertiary/aromatic N) is 1. The number of rotatable bonds is 6. The first-order valence-electron chi connectivity index (χ1n) is 7.40. The fourth-order valence-electron chi connectivity index (χ4n) is 2.25. The van der Waals surface area contributed by atoms with Crippen molar-refractivity contribution in [1.82, 2.24) is 0 Å². The Balaban J connectivity index is 2.18. The number of benzene rings is 2. The van der Waals surface area contributed by atoms with Gasteiger partial charge in [-0.3, -0.25) is 0 Å². The monoisotopic (exact) mass is 310 g/mol. The first kappa shape index (κ1) is 16.6. The molecule has 0 spiro atoms. The van der Waals surface area contributed by atoms with Crippen LogP contribution in [-0.4, -0.2) is 19.9 Å². The van der Waals surface area contributed by atoms with E-state index in [4.69, 9.17) is 9.47 Å². The molecular formula is C19H22N2O2. The molecule has 0 saturated carbocycles. The average Bonchev–Trinajstić information content (AvgIpc) is 2.55. The number of hydrogen-bond donors (Lipinski definition) is 1. The number of aliphatic imine (C=N–C) groups is 1. The Bertz CT molecular complexity index is 721. The van der Waals surface area contributed by atoms with Crippen LogP contribution in [-0.2, 0) is 0 Å². The maximum Gasteiger partial charge on any atom is 0.144 e. The molecular weight excluding hydrogens is 288 g/mol. The first-order chi connectivity index (χ1) is 11.1. The van der Waals surface area contributed by atoms with Gasteiger partial charge in [0.25, 0.3) is 0 Å². The molecule has 0 aliphatic carbocycles. The van der Waals surface area contributed by atoms with E-state index < -0.39 is 0 Å². The van der Waals surface area contributed by atoms with Gasteiger partial charge in [0, 0.05) is 11.4 Å². The summed E-state index contributed by atoms with van der Waals surface area (Å²) in [7, 11) is 3.31. The fraction of sp³-hybridized carbons (Fsp3) is 0.211. The lowest BCUT2D eigenvalue weighted by molar-refractivity contribution is 0.416. The quantitative estimate of drug-likeness (QED) is 0.778. The third-order valence-electron chi connectivity index (χ3n) is 3.25. The van der Waals surface area contributed by atoms with Crippen molar-refractivity contribution in [3.8, 4) is 11.5 Å². The van der Waals surface area contributed by atoms with Crippen LogP contribution in [0.25, 0.3) is 0 Å². The van der Waals surface area contributed by atoms with Crippen molar-refractivity contribution in [2.45, 2.75) is 13.8 Å². The molecule has 0 atom stereocenters. The molecule has 0 aliphatic heterocycles. The van der Waals surface area contributed by atoms with Gasteiger partial charge in [0.15, 0.2) is 0 Å². The normalized spacial score (nSPS) is 12.0. The molecule has 0 radical (unpaired) electrons. The molecule has 1 N–H and O–H groups in total. The summed E-state index contributed by atoms with van der Waals surface area (Å²) in [5, 5.41) is 3.33. The van der Waals surface area contributed by atoms with E-state index in [1.165, 1.54) is 0 Å². The van der Waals surface area contributed by atoms with Gasteiger partial charge in [-0.15, -0.1) is 0 Å². The summed E-state index contributed by atoms with van der Waals surface area (Å²) in [5.74, 6) is 1.56. The second-order valence-corrected chi connectivity index (χ2v) is 5.08. The van der Waals surface area contributed by atoms with Gasteiger partial charge in [0.2, 0.25) is 0 Å². The average molecular weight is 310 g/mol. The lowest BCUT2D eigenvalue weighted by atomic mass is 10.2. The van der Waals surface area contributed by atoms with E-state index in [0.29, 0.717) is 0 Å². The summed E-state index contributed by atoms with van der Waals surface area (Å²) in [6.07, 6.45) is 1.98. The van der Waals surface area contributed by atoms with Crippen LogP contribution >= 0.6 is 0 Å². The summed E-state index contributed by atoms with van der Waals surface area (Å²) >= 11 is 0. The highest BCUT2D eigenvalue weighted by atomic mass is 16.5. The van der Waals surface area contributed by atoms with Crippen molar-refractivity contribution < 1.29 is 9.47 Å². The Morgan fingerprint density at radius 2 is 1.52 bits per heavy atom. The zero-order valence-electron chi connectivity index (χ0n) is 14.0. The number of para-hydroxylation sites is 4. The molecule has 4 nitrogen and oxygen atoms in total. The highest BCUT2D eigenvalue weighted by molar-refractivity contribution is 5.96. The number of hydrogen-bond acceptors (Lipinski definition) is 4. The highest BCUT2D eigenvalue weighted by Crippen LogP contribution is 2.27. The summed E-state index contributed by atoms with van der Waals surface area (Å²) in [6.45, 7) is 3.95. The predicted molar refractivity (Wildman–Crippen MR) is 96.1 cm³/mol. The number of ether oxygens (including phenoxy) is 2. The fourth-order valence-corrected chi connectivity index (χ4v) is 2.25. The molecule has 0 saturated heterocycles. The van der Waals surface area contributed by atoms with Crippen LogP contribution < -0.4 is 14.8 Å². The lowest BCUT2D eigenvalue weighted by Crippen LogP contribution is -2.00. The number of allylic oxidation sites excluding steroid dienone is 2. The Kier molecular flexibility index (Phi) is 5.80. The zero-order chi connectivity index (χ0) is 16.7. The molecule has 0 aromatic heterocycles. The summed E-state index contributed by atoms with van der Waals surface area (Å²) in [4.78, 5) is 4.60. The molecule has 2 aromatic carbocycles. The molecule has 0 amide bonds. The maximum absolute atomic E-state index is 5.34. The summed E-state index contributed by atoms with van der Waals surface area (Å²) in [6, 6.07) is 15.5. The largest absolute Gasteiger partial charge is 0.495 e. The van der Waals surface area contributed by atoms with E-state index in [1.807, 2.05) is 68.5 Å². The predicted octanol–water partition coefficient (Wildman–Crippen LogP) is 4.81. The van der Waals surface area contributed by atoms with E-state index in [1.54, 1.807) is 14.2 Å². The number of nitrogens with one attached hydrogen (secondary N) is 1. The van der Waals surface area contributed by atoms with Crippen LogP contribution in [0.4, 0.5) is 11.4 Å². The zero-order valence-corrected chi connectivity index (χ0v) is 14.0. The number of methoxy groups -OCH3 is 2. The van der Waals surface area contributed by atoms with Gasteiger partial charge in [0.05, 0.1) is 19.9 Å². The van der Waals surface area contributed by atoms with Crippen molar-refractivity contribution in [2.24, 2.45) is 4.99 Å². The summed E-state index contributed by atoms with van der Waals surface area (Å²) in [5.41, 5.74) is 3.60. The van der Waals surface area contributed by atoms with Crippen LogP contribution in [0, 0.1) is 0 Å². The Hall–Kier alpha value is -2.75. The van der Waals surface area contributed by atoms with Gasteiger partial charge in [-0.25, -0.2) is 4.99 Å². The molecule has 2 rings (SSSR count). The molecule has 4 heteroatoms. The third-order valence-corrected chi connectivity index (χ3v) is 3.25. The lowest BCUT2D eigenvalue weighted by Gasteiger charge is -2.11. The molecule has 0 aliphatic rings. The van der Waals surface area contributed by atoms with E-state index in [9.17, 15) is 0 Å². The second kappa shape index (κ2) is 8.03. The molecule has 0 unspecified atom stereocenters. The van der Waals surface area contributed by atoms with Crippen LogP contribution in [0.3, 0.4) is 0 Å². The van der Waals surface area contributed by atoms with Crippen molar-refractivity contribution in [3.63, 3.8) is 0 Å². The van der Waals surface area contributed by atoms with E-state index in [2.05, 4.69) is 10.3 Å². The van der Waals surface area contributed by atoms with Gasteiger partial charge < -0.3 is 14.8 Å². The van der Waals surface area contributed by atoms with Crippen LogP contribution in [0.15, 0.2) is 65.3 Å². The third kappa shape index (κ3) is 4.61. The van der Waals surface area contributed by atoms with Crippen molar-refractivity contribution in [2.75, 3.05) is 19.5 Å². The van der Waals surface area contributed by atoms with Crippen molar-refractivity contribution in [3.05, 3.63) is 60.3 Å². The molecule has 23 heavy (non-hydrogen) atoms. The molecule has 2 aromatic rings. The SMILES string of the molecule is COc1ccccc1N=C(C)/C=C(\C)Nc1ccccc1OC. The Morgan fingerprint density at radius 1 is 0.913 bits per heavy atom. The standard InChI is InChI=1S/C19H22N2O2/c1-14(20-16-9-5-7-11-18(16)22-3)13-15(2)21-17-10-6-8-12-19(17)23-4/h5-13,20H,1-4H3/b14-13+,21-15?. The minimum atomic E-state index is 0.760. The van der Waals surface area contributed by atoms with Crippen molar-refractivity contribution in [1.29, 1.82) is 0 Å². The van der Waals surface area contributed by atoms with Gasteiger partial charge in [-0.1, -0.05) is 24.3 Å². The van der Waals surface area contributed by atoms with Crippen molar-refractivity contribution >= 4 is 17.1 Å². The summed E-state index contributed by atoms with van der Waals surface area (Å²) < 4.78 is 10.7. The van der Waals surface area contributed by atoms with E-state index in [0.717, 1.165) is 34.3 Å². The van der Waals surface area contributed by atoms with Gasteiger partial charge in [-0.2, -0.15) is 0 Å². The number of anilines is 1. The molecule has 0 heterocycles. The highest BCUT2D eigenvalue weighted by Gasteiger charge is 2.02. The smallest absolute Gasteiger partial charge is 0.144 e.